The van der Waals surface area contributed by atoms with E-state index >= 15 is 0 Å². The van der Waals surface area contributed by atoms with Gasteiger partial charge < -0.3 is 18.8 Å². The van der Waals surface area contributed by atoms with Crippen molar-refractivity contribution in [2.45, 2.75) is 18.4 Å². The molecule has 5 rings (SSSR count). The maximum absolute atomic E-state index is 6.51. The molecular formula is C21H18Cl2N6O3S. The van der Waals surface area contributed by atoms with Crippen LogP contribution in [0, 0.1) is 4.77 Å². The van der Waals surface area contributed by atoms with Gasteiger partial charge in [0.05, 0.1) is 30.2 Å². The van der Waals surface area contributed by atoms with Gasteiger partial charge in [0.1, 0.15) is 18.5 Å². The molecule has 170 valence electrons. The first-order valence-corrected chi connectivity index (χ1v) is 11.2. The molecule has 12 heteroatoms. The number of tetrazole rings is 1. The summed E-state index contributed by atoms with van der Waals surface area (Å²) < 4.78 is 22.3. The average Bonchev–Trinajstić information content (AvgIpc) is 3.55. The zero-order chi connectivity index (χ0) is 22.8. The molecule has 1 aliphatic heterocycles. The van der Waals surface area contributed by atoms with Gasteiger partial charge in [-0.05, 0) is 48.6 Å². The van der Waals surface area contributed by atoms with E-state index in [9.17, 15) is 0 Å². The number of H-pyrrole nitrogens is 1. The van der Waals surface area contributed by atoms with Gasteiger partial charge in [0.25, 0.3) is 0 Å². The van der Waals surface area contributed by atoms with E-state index in [0.29, 0.717) is 45.9 Å². The van der Waals surface area contributed by atoms with Crippen molar-refractivity contribution < 1.29 is 14.2 Å². The summed E-state index contributed by atoms with van der Waals surface area (Å²) in [6, 6.07) is 12.6. The lowest BCUT2D eigenvalue weighted by molar-refractivity contribution is -0.189. The zero-order valence-electron chi connectivity index (χ0n) is 17.1. The summed E-state index contributed by atoms with van der Waals surface area (Å²) in [6.45, 7) is 1.00. The normalized spacial score (nSPS) is 20.2. The molecule has 4 aromatic rings. The Morgan fingerprint density at radius 2 is 2.06 bits per heavy atom. The van der Waals surface area contributed by atoms with Gasteiger partial charge in [-0.1, -0.05) is 39.6 Å². The van der Waals surface area contributed by atoms with Crippen LogP contribution in [0.25, 0.3) is 5.69 Å². The molecule has 0 amide bonds. The van der Waals surface area contributed by atoms with Gasteiger partial charge in [-0.3, -0.25) is 0 Å². The van der Waals surface area contributed by atoms with Gasteiger partial charge in [-0.2, -0.15) is 5.21 Å². The third-order valence-corrected chi connectivity index (χ3v) is 5.97. The van der Waals surface area contributed by atoms with Gasteiger partial charge in [-0.25, -0.2) is 9.67 Å². The number of benzene rings is 2. The second kappa shape index (κ2) is 9.24. The molecular weight excluding hydrogens is 487 g/mol. The number of ether oxygens (including phenoxy) is 3. The predicted molar refractivity (Wildman–Crippen MR) is 123 cm³/mol. The van der Waals surface area contributed by atoms with Crippen LogP contribution in [-0.4, -0.2) is 49.1 Å². The molecule has 2 atom stereocenters. The van der Waals surface area contributed by atoms with Crippen molar-refractivity contribution in [2.75, 3.05) is 13.2 Å². The molecule has 1 saturated heterocycles. The smallest absolute Gasteiger partial charge is 0.242 e. The number of halogens is 2. The summed E-state index contributed by atoms with van der Waals surface area (Å²) in [7, 11) is 0. The van der Waals surface area contributed by atoms with E-state index < -0.39 is 5.79 Å². The van der Waals surface area contributed by atoms with Crippen molar-refractivity contribution in [1.82, 2.24) is 29.8 Å². The molecule has 2 aromatic heterocycles. The largest absolute Gasteiger partial charge is 0.491 e. The van der Waals surface area contributed by atoms with Gasteiger partial charge in [0, 0.05) is 23.0 Å². The Kier molecular flexibility index (Phi) is 6.17. The summed E-state index contributed by atoms with van der Waals surface area (Å²) in [4.78, 5) is 4.11. The van der Waals surface area contributed by atoms with Crippen molar-refractivity contribution in [3.05, 3.63) is 81.6 Å². The lowest BCUT2D eigenvalue weighted by atomic mass is 10.1. The van der Waals surface area contributed by atoms with Gasteiger partial charge >= 0.3 is 0 Å². The molecule has 0 saturated carbocycles. The first-order chi connectivity index (χ1) is 16.0. The molecule has 9 nitrogen and oxygen atoms in total. The first kappa shape index (κ1) is 22.1. The number of aromatic amines is 1. The lowest BCUT2D eigenvalue weighted by Crippen LogP contribution is -2.34. The average molecular weight is 505 g/mol. The van der Waals surface area contributed by atoms with E-state index in [4.69, 9.17) is 49.6 Å². The molecule has 0 aliphatic carbocycles. The number of aromatic nitrogens is 6. The van der Waals surface area contributed by atoms with Crippen molar-refractivity contribution in [3.8, 4) is 11.4 Å². The van der Waals surface area contributed by atoms with Crippen LogP contribution in [0.2, 0.25) is 10.0 Å². The van der Waals surface area contributed by atoms with Gasteiger partial charge in [-0.15, -0.1) is 0 Å². The Morgan fingerprint density at radius 3 is 2.76 bits per heavy atom. The molecule has 1 N–H and O–H groups in total. The standard InChI is InChI=1S/C21H18Cl2N6O3S/c22-14-1-6-18(19(23)9-14)21(12-28-8-7-24-13-28)31-11-17(32-21)10-30-16-4-2-15(3-5-16)29-20(33)25-26-27-29/h1-9,13,17H,10-12H2,(H,25,27,33). The van der Waals surface area contributed by atoms with E-state index in [-0.39, 0.29) is 6.10 Å². The van der Waals surface area contributed by atoms with Crippen molar-refractivity contribution in [1.29, 1.82) is 0 Å². The zero-order valence-corrected chi connectivity index (χ0v) is 19.4. The van der Waals surface area contributed by atoms with Crippen molar-refractivity contribution >= 4 is 35.4 Å². The fraction of sp³-hybridized carbons (Fsp3) is 0.238. The van der Waals surface area contributed by atoms with Gasteiger partial charge in [0.2, 0.25) is 10.6 Å². The van der Waals surface area contributed by atoms with Crippen LogP contribution in [0.15, 0.2) is 61.2 Å². The molecule has 2 unspecified atom stereocenters. The fourth-order valence-corrected chi connectivity index (χ4v) is 4.36. The maximum Gasteiger partial charge on any atom is 0.242 e. The SMILES string of the molecule is S=c1nn[nH]n1-c1ccc(OCC2COC(Cn3ccnc3)(c3ccc(Cl)cc3Cl)O2)cc1. The molecule has 1 aliphatic rings. The highest BCUT2D eigenvalue weighted by Gasteiger charge is 2.45. The molecule has 0 spiro atoms. The molecule has 33 heavy (non-hydrogen) atoms. The maximum atomic E-state index is 6.51. The summed E-state index contributed by atoms with van der Waals surface area (Å²) in [5, 5.41) is 11.2. The third kappa shape index (κ3) is 4.66. The fourth-order valence-electron chi connectivity index (χ4n) is 3.62. The van der Waals surface area contributed by atoms with Gasteiger partial charge in [0.15, 0.2) is 0 Å². The van der Waals surface area contributed by atoms with E-state index in [0.717, 1.165) is 5.69 Å². The number of nitrogens with zero attached hydrogens (tertiary/aromatic N) is 5. The minimum absolute atomic E-state index is 0.293. The minimum Gasteiger partial charge on any atom is -0.491 e. The Bertz CT molecular complexity index is 1290. The summed E-state index contributed by atoms with van der Waals surface area (Å²) in [6.07, 6.45) is 4.92. The van der Waals surface area contributed by atoms with Crippen molar-refractivity contribution in [2.24, 2.45) is 0 Å². The minimum atomic E-state index is -1.09. The Balaban J connectivity index is 1.30. The third-order valence-electron chi connectivity index (χ3n) is 5.15. The van der Waals surface area contributed by atoms with E-state index in [2.05, 4.69) is 20.5 Å². The highest BCUT2D eigenvalue weighted by molar-refractivity contribution is 7.71. The van der Waals surface area contributed by atoms with Crippen LogP contribution >= 0.6 is 35.4 Å². The predicted octanol–water partition coefficient (Wildman–Crippen LogP) is 4.18. The monoisotopic (exact) mass is 504 g/mol. The second-order valence-corrected chi connectivity index (χ2v) is 8.59. The molecule has 2 aromatic carbocycles. The number of nitrogens with one attached hydrogen (secondary N) is 1. The number of hydrogen-bond donors (Lipinski definition) is 1. The highest BCUT2D eigenvalue weighted by Crippen LogP contribution is 2.40. The molecule has 3 heterocycles. The van der Waals surface area contributed by atoms with E-state index in [1.165, 1.54) is 0 Å². The van der Waals surface area contributed by atoms with Crippen LogP contribution in [0.1, 0.15) is 5.56 Å². The summed E-state index contributed by atoms with van der Waals surface area (Å²) in [5.74, 6) is -0.414. The lowest BCUT2D eigenvalue weighted by Gasteiger charge is -2.30. The van der Waals surface area contributed by atoms with Crippen LogP contribution in [-0.2, 0) is 21.8 Å². The quantitative estimate of drug-likeness (QED) is 0.377. The molecule has 1 fully saturated rings. The second-order valence-electron chi connectivity index (χ2n) is 7.39. The number of imidazole rings is 1. The summed E-state index contributed by atoms with van der Waals surface area (Å²) in [5.41, 5.74) is 1.49. The van der Waals surface area contributed by atoms with Crippen molar-refractivity contribution in [3.63, 3.8) is 0 Å². The van der Waals surface area contributed by atoms with E-state index in [1.54, 1.807) is 29.3 Å². The number of hydrogen-bond acceptors (Lipinski definition) is 7. The van der Waals surface area contributed by atoms with Crippen LogP contribution in [0.5, 0.6) is 5.75 Å². The Morgan fingerprint density at radius 1 is 1.21 bits per heavy atom. The van der Waals surface area contributed by atoms with Crippen LogP contribution < -0.4 is 4.74 Å². The highest BCUT2D eigenvalue weighted by atomic mass is 35.5. The van der Waals surface area contributed by atoms with E-state index in [1.807, 2.05) is 41.1 Å². The first-order valence-electron chi connectivity index (χ1n) is 9.99. The number of rotatable bonds is 7. The Labute approximate surface area is 203 Å². The summed E-state index contributed by atoms with van der Waals surface area (Å²) >= 11 is 17.7. The molecule has 0 radical (unpaired) electrons. The topological polar surface area (TPSA) is 92.0 Å². The van der Waals surface area contributed by atoms with Crippen LogP contribution in [0.4, 0.5) is 0 Å². The Hall–Kier alpha value is -2.76. The molecule has 0 bridgehead atoms. The van der Waals surface area contributed by atoms with Crippen LogP contribution in [0.3, 0.4) is 0 Å².